The maximum Gasteiger partial charge on any atom is 0.212 e. The molecule has 0 saturated carbocycles. The standard InChI is InChI=1S/C14H14BrN3S/c1-2-3-4-13-17-18-9-12(16-14(18)19-13)10-5-7-11(15)8-6-10/h5-9H,2-4H2,1H3. The van der Waals surface area contributed by atoms with Crippen molar-refractivity contribution in [1.29, 1.82) is 0 Å². The lowest BCUT2D eigenvalue weighted by Crippen LogP contribution is -1.86. The quantitative estimate of drug-likeness (QED) is 0.699. The molecule has 0 spiro atoms. The molecule has 0 aliphatic rings. The van der Waals surface area contributed by atoms with Crippen molar-refractivity contribution >= 4 is 32.2 Å². The predicted molar refractivity (Wildman–Crippen MR) is 82.6 cm³/mol. The van der Waals surface area contributed by atoms with Crippen LogP contribution in [0.15, 0.2) is 34.9 Å². The summed E-state index contributed by atoms with van der Waals surface area (Å²) in [5, 5.41) is 5.75. The normalized spacial score (nSPS) is 11.3. The van der Waals surface area contributed by atoms with Crippen molar-refractivity contribution in [3.05, 3.63) is 39.9 Å². The van der Waals surface area contributed by atoms with E-state index >= 15 is 0 Å². The monoisotopic (exact) mass is 335 g/mol. The Bertz CT molecular complexity index is 653. The number of hydrogen-bond donors (Lipinski definition) is 0. The van der Waals surface area contributed by atoms with Crippen LogP contribution in [0.4, 0.5) is 0 Å². The van der Waals surface area contributed by atoms with Crippen molar-refractivity contribution in [3.8, 4) is 11.3 Å². The van der Waals surface area contributed by atoms with Gasteiger partial charge in [0.2, 0.25) is 4.96 Å². The molecule has 1 aromatic carbocycles. The van der Waals surface area contributed by atoms with Gasteiger partial charge in [-0.3, -0.25) is 0 Å². The number of hydrogen-bond acceptors (Lipinski definition) is 3. The van der Waals surface area contributed by atoms with Crippen molar-refractivity contribution in [2.24, 2.45) is 0 Å². The highest BCUT2D eigenvalue weighted by Gasteiger charge is 2.09. The van der Waals surface area contributed by atoms with Gasteiger partial charge in [-0.25, -0.2) is 9.50 Å². The van der Waals surface area contributed by atoms with E-state index in [1.54, 1.807) is 11.3 Å². The molecule has 0 unspecified atom stereocenters. The van der Waals surface area contributed by atoms with Crippen LogP contribution >= 0.6 is 27.3 Å². The number of aromatic nitrogens is 3. The second-order valence-corrected chi connectivity index (χ2v) is 6.42. The molecule has 0 aliphatic carbocycles. The zero-order chi connectivity index (χ0) is 13.2. The molecule has 98 valence electrons. The number of aryl methyl sites for hydroxylation is 1. The van der Waals surface area contributed by atoms with Crippen LogP contribution in [0.2, 0.25) is 0 Å². The van der Waals surface area contributed by atoms with Crippen molar-refractivity contribution in [1.82, 2.24) is 14.6 Å². The second kappa shape index (κ2) is 5.43. The van der Waals surface area contributed by atoms with Crippen LogP contribution in [-0.4, -0.2) is 14.6 Å². The zero-order valence-electron chi connectivity index (χ0n) is 10.6. The molecule has 0 amide bonds. The molecule has 2 aromatic heterocycles. The number of nitrogens with zero attached hydrogens (tertiary/aromatic N) is 3. The molecule has 3 rings (SSSR count). The molecule has 0 saturated heterocycles. The van der Waals surface area contributed by atoms with Crippen molar-refractivity contribution < 1.29 is 0 Å². The third-order valence-electron chi connectivity index (χ3n) is 2.97. The SMILES string of the molecule is CCCCc1nn2cc(-c3ccc(Br)cc3)nc2s1. The number of benzene rings is 1. The molecule has 0 aliphatic heterocycles. The Morgan fingerprint density at radius 2 is 2.05 bits per heavy atom. The van der Waals surface area contributed by atoms with E-state index in [0.717, 1.165) is 27.1 Å². The van der Waals surface area contributed by atoms with Crippen LogP contribution in [0.1, 0.15) is 24.8 Å². The average Bonchev–Trinajstić information content (AvgIpc) is 2.95. The maximum atomic E-state index is 4.65. The summed E-state index contributed by atoms with van der Waals surface area (Å²) in [6.07, 6.45) is 5.45. The molecule has 0 bridgehead atoms. The number of fused-ring (bicyclic) bond motifs is 1. The van der Waals surface area contributed by atoms with Gasteiger partial charge in [0.25, 0.3) is 0 Å². The van der Waals surface area contributed by atoms with Gasteiger partial charge in [0, 0.05) is 16.5 Å². The number of halogens is 1. The minimum atomic E-state index is 0.976. The smallest absolute Gasteiger partial charge is 0.212 e. The first-order valence-corrected chi connectivity index (χ1v) is 7.98. The van der Waals surface area contributed by atoms with Crippen molar-refractivity contribution in [2.45, 2.75) is 26.2 Å². The molecule has 3 aromatic rings. The number of unbranched alkanes of at least 4 members (excludes halogenated alkanes) is 1. The Kier molecular flexibility index (Phi) is 3.66. The van der Waals surface area contributed by atoms with Gasteiger partial charge in [0.15, 0.2) is 0 Å². The Morgan fingerprint density at radius 3 is 2.74 bits per heavy atom. The first kappa shape index (κ1) is 12.8. The maximum absolute atomic E-state index is 4.65. The molecule has 2 heterocycles. The average molecular weight is 336 g/mol. The van der Waals surface area contributed by atoms with E-state index in [9.17, 15) is 0 Å². The fourth-order valence-corrected chi connectivity index (χ4v) is 3.11. The van der Waals surface area contributed by atoms with Crippen molar-refractivity contribution in [3.63, 3.8) is 0 Å². The van der Waals surface area contributed by atoms with Gasteiger partial charge < -0.3 is 0 Å². The van der Waals surface area contributed by atoms with E-state index in [1.807, 2.05) is 22.8 Å². The van der Waals surface area contributed by atoms with Gasteiger partial charge in [0.1, 0.15) is 5.01 Å². The van der Waals surface area contributed by atoms with Gasteiger partial charge in [-0.1, -0.05) is 52.7 Å². The summed E-state index contributed by atoms with van der Waals surface area (Å²) in [4.78, 5) is 5.62. The van der Waals surface area contributed by atoms with Gasteiger partial charge in [-0.2, -0.15) is 5.10 Å². The summed E-state index contributed by atoms with van der Waals surface area (Å²) >= 11 is 5.13. The van der Waals surface area contributed by atoms with E-state index in [2.05, 4.69) is 45.1 Å². The Morgan fingerprint density at radius 1 is 1.26 bits per heavy atom. The largest absolute Gasteiger partial charge is 0.217 e. The highest BCUT2D eigenvalue weighted by molar-refractivity contribution is 9.10. The Labute approximate surface area is 124 Å². The van der Waals surface area contributed by atoms with Crippen LogP contribution in [-0.2, 0) is 6.42 Å². The van der Waals surface area contributed by atoms with Crippen LogP contribution in [0.5, 0.6) is 0 Å². The Hall–Kier alpha value is -1.20. The lowest BCUT2D eigenvalue weighted by molar-refractivity contribution is 0.770. The van der Waals surface area contributed by atoms with Gasteiger partial charge in [-0.05, 0) is 18.6 Å². The first-order chi connectivity index (χ1) is 9.26. The summed E-state index contributed by atoms with van der Waals surface area (Å²) in [5.41, 5.74) is 2.10. The van der Waals surface area contributed by atoms with E-state index in [-0.39, 0.29) is 0 Å². The summed E-state index contributed by atoms with van der Waals surface area (Å²) < 4.78 is 2.98. The van der Waals surface area contributed by atoms with Crippen LogP contribution in [0, 0.1) is 0 Å². The number of imidazole rings is 1. The summed E-state index contributed by atoms with van der Waals surface area (Å²) in [6.45, 7) is 2.20. The minimum Gasteiger partial charge on any atom is -0.217 e. The molecular weight excluding hydrogens is 322 g/mol. The lowest BCUT2D eigenvalue weighted by atomic mass is 10.2. The van der Waals surface area contributed by atoms with Gasteiger partial charge >= 0.3 is 0 Å². The van der Waals surface area contributed by atoms with E-state index in [0.29, 0.717) is 0 Å². The van der Waals surface area contributed by atoms with Crippen molar-refractivity contribution in [2.75, 3.05) is 0 Å². The van der Waals surface area contributed by atoms with Gasteiger partial charge in [-0.15, -0.1) is 0 Å². The Balaban J connectivity index is 1.90. The molecule has 0 N–H and O–H groups in total. The molecular formula is C14H14BrN3S. The molecule has 0 radical (unpaired) electrons. The lowest BCUT2D eigenvalue weighted by Gasteiger charge is -1.95. The highest BCUT2D eigenvalue weighted by Crippen LogP contribution is 2.24. The zero-order valence-corrected chi connectivity index (χ0v) is 13.0. The minimum absolute atomic E-state index is 0.976. The van der Waals surface area contributed by atoms with E-state index in [4.69, 9.17) is 0 Å². The summed E-state index contributed by atoms with van der Waals surface area (Å²) in [5.74, 6) is 0. The van der Waals surface area contributed by atoms with E-state index < -0.39 is 0 Å². The third-order valence-corrected chi connectivity index (χ3v) is 4.48. The summed E-state index contributed by atoms with van der Waals surface area (Å²) in [6, 6.07) is 8.19. The molecule has 5 heteroatoms. The molecule has 19 heavy (non-hydrogen) atoms. The first-order valence-electron chi connectivity index (χ1n) is 6.37. The fourth-order valence-electron chi connectivity index (χ4n) is 1.93. The third kappa shape index (κ3) is 2.72. The fraction of sp³-hybridized carbons (Fsp3) is 0.286. The highest BCUT2D eigenvalue weighted by atomic mass is 79.9. The number of rotatable bonds is 4. The molecule has 0 atom stereocenters. The van der Waals surface area contributed by atoms with Gasteiger partial charge in [0.05, 0.1) is 11.9 Å². The van der Waals surface area contributed by atoms with E-state index in [1.165, 1.54) is 17.8 Å². The topological polar surface area (TPSA) is 30.2 Å². The van der Waals surface area contributed by atoms with Crippen LogP contribution < -0.4 is 0 Å². The predicted octanol–water partition coefficient (Wildman–Crippen LogP) is 4.56. The summed E-state index contributed by atoms with van der Waals surface area (Å²) in [7, 11) is 0. The van der Waals surface area contributed by atoms with Crippen LogP contribution in [0.25, 0.3) is 16.2 Å². The second-order valence-electron chi connectivity index (χ2n) is 4.46. The van der Waals surface area contributed by atoms with Crippen LogP contribution in [0.3, 0.4) is 0 Å². The molecule has 3 nitrogen and oxygen atoms in total. The molecule has 0 fully saturated rings.